The highest BCUT2D eigenvalue weighted by atomic mass is 35.5. The Morgan fingerprint density at radius 3 is 2.71 bits per heavy atom. The maximum atomic E-state index is 14.5. The topological polar surface area (TPSA) is 125 Å². The van der Waals surface area contributed by atoms with Crippen molar-refractivity contribution in [2.75, 3.05) is 31.1 Å². The smallest absolute Gasteiger partial charge is 0.313 e. The van der Waals surface area contributed by atoms with Crippen LogP contribution in [0.4, 0.5) is 5.69 Å². The number of aliphatic hydroxyl groups is 1. The van der Waals surface area contributed by atoms with Gasteiger partial charge in [-0.15, -0.1) is 0 Å². The lowest BCUT2D eigenvalue weighted by Crippen LogP contribution is -2.55. The molecule has 0 radical (unpaired) electrons. The van der Waals surface area contributed by atoms with Crippen LogP contribution in [0.1, 0.15) is 38.2 Å². The van der Waals surface area contributed by atoms with Crippen LogP contribution in [0, 0.1) is 18.8 Å². The molecule has 41 heavy (non-hydrogen) atoms. The van der Waals surface area contributed by atoms with Crippen LogP contribution in [0.25, 0.3) is 0 Å². The number of amides is 3. The fraction of sp³-hybridized carbons (Fsp3) is 0.533. The van der Waals surface area contributed by atoms with Crippen LogP contribution in [0.15, 0.2) is 42.5 Å². The molecule has 2 fully saturated rings. The van der Waals surface area contributed by atoms with Crippen molar-refractivity contribution in [2.45, 2.75) is 63.4 Å². The summed E-state index contributed by atoms with van der Waals surface area (Å²) in [7, 11) is 0. The number of anilines is 1. The number of aliphatic hydroxyl groups excluding tert-OH is 1. The molecule has 0 aromatic heterocycles. The second-order valence-corrected chi connectivity index (χ2v) is 11.5. The Kier molecular flexibility index (Phi) is 8.54. The number of carbonyl (C=O) groups is 4. The van der Waals surface area contributed by atoms with Gasteiger partial charge >= 0.3 is 5.97 Å². The number of nitrogens with one attached hydrogen (secondary N) is 1. The molecule has 220 valence electrons. The average molecular weight is 586 g/mol. The maximum Gasteiger partial charge on any atom is 0.313 e. The van der Waals surface area contributed by atoms with Gasteiger partial charge in [0.1, 0.15) is 23.7 Å². The first-order valence-electron chi connectivity index (χ1n) is 14.2. The number of hydrogen-bond acceptors (Lipinski definition) is 7. The lowest BCUT2D eigenvalue weighted by atomic mass is 9.78. The third-order valence-electron chi connectivity index (χ3n) is 8.30. The van der Waals surface area contributed by atoms with E-state index in [9.17, 15) is 24.3 Å². The predicted octanol–water partition coefficient (Wildman–Crippen LogP) is 2.30. The molecule has 1 spiro atoms. The van der Waals surface area contributed by atoms with Crippen LogP contribution in [-0.2, 0) is 28.7 Å². The van der Waals surface area contributed by atoms with Gasteiger partial charge in [-0.3, -0.25) is 19.2 Å². The fourth-order valence-electron chi connectivity index (χ4n) is 6.46. The highest BCUT2D eigenvalue weighted by Gasteiger charge is 2.71. The van der Waals surface area contributed by atoms with Gasteiger partial charge in [0, 0.05) is 26.1 Å². The van der Waals surface area contributed by atoms with Crippen LogP contribution < -0.4 is 10.2 Å². The zero-order chi connectivity index (χ0) is 29.3. The van der Waals surface area contributed by atoms with Gasteiger partial charge in [-0.25, -0.2) is 0 Å². The predicted molar refractivity (Wildman–Crippen MR) is 151 cm³/mol. The second kappa shape index (κ2) is 12.0. The summed E-state index contributed by atoms with van der Waals surface area (Å²) >= 11 is 6.58. The second-order valence-electron chi connectivity index (χ2n) is 11.1. The molecule has 0 bridgehead atoms. The Bertz CT molecular complexity index is 1260. The van der Waals surface area contributed by atoms with Gasteiger partial charge < -0.3 is 29.7 Å². The molecule has 2 saturated heterocycles. The largest absolute Gasteiger partial charge is 0.460 e. The lowest BCUT2D eigenvalue weighted by molar-refractivity contribution is -0.158. The van der Waals surface area contributed by atoms with Crippen LogP contribution in [0.2, 0.25) is 5.02 Å². The molecule has 1 aromatic carbocycles. The molecule has 3 amide bonds. The van der Waals surface area contributed by atoms with E-state index in [-0.39, 0.29) is 50.4 Å². The number of ether oxygens (including phenoxy) is 2. The Balaban J connectivity index is 1.59. The summed E-state index contributed by atoms with van der Waals surface area (Å²) in [5.41, 5.74) is -0.0601. The number of esters is 1. The number of unbranched alkanes of at least 4 members (excludes halogenated alkanes) is 1. The van der Waals surface area contributed by atoms with Crippen LogP contribution in [-0.4, -0.2) is 83.8 Å². The summed E-state index contributed by atoms with van der Waals surface area (Å²) in [6.45, 7) is 4.07. The summed E-state index contributed by atoms with van der Waals surface area (Å²) in [5.74, 6) is -3.48. The Morgan fingerprint density at radius 2 is 1.95 bits per heavy atom. The molecule has 6 atom stereocenters. The molecule has 2 N–H and O–H groups in total. The molecule has 5 rings (SSSR count). The minimum absolute atomic E-state index is 0.0488. The van der Waals surface area contributed by atoms with Gasteiger partial charge in [0.2, 0.25) is 11.8 Å². The van der Waals surface area contributed by atoms with E-state index >= 15 is 0 Å². The normalized spacial score (nSPS) is 32.7. The Labute approximate surface area is 244 Å². The number of halogens is 1. The van der Waals surface area contributed by atoms with Crippen molar-refractivity contribution in [1.82, 2.24) is 10.2 Å². The molecule has 4 heterocycles. The molecule has 0 aliphatic carbocycles. The number of para-hydroxylation sites is 1. The van der Waals surface area contributed by atoms with Crippen LogP contribution >= 0.6 is 11.6 Å². The molecule has 0 unspecified atom stereocenters. The summed E-state index contributed by atoms with van der Waals surface area (Å²) in [4.78, 5) is 57.6. The van der Waals surface area contributed by atoms with E-state index < -0.39 is 41.7 Å². The highest BCUT2D eigenvalue weighted by molar-refractivity contribution is 6.34. The standard InChI is InChI=1S/C30H36ClN3O7/c1-18-9-7-10-20(31)25(18)33-15-8-13-30-24(27(37)34(14-5-6-16-35)26(30)28(33)38)23-21(41-30)11-3-4-12-22(36)32-17-19(2)40-29(23)39/h3,7-11,13,19,21,23-24,26,35H,4-6,12,14-17H2,1-2H3,(H,32,36)/b11-3-/t19-,21-,23+,24+,26-,30+/m1/s1. The van der Waals surface area contributed by atoms with Gasteiger partial charge in [-0.1, -0.05) is 48.0 Å². The first kappa shape index (κ1) is 29.3. The zero-order valence-electron chi connectivity index (χ0n) is 23.3. The zero-order valence-corrected chi connectivity index (χ0v) is 24.0. The minimum atomic E-state index is -1.42. The average Bonchev–Trinajstić information content (AvgIpc) is 3.31. The summed E-state index contributed by atoms with van der Waals surface area (Å²) in [5, 5.41) is 12.6. The molecule has 10 nitrogen and oxygen atoms in total. The number of hydrogen-bond donors (Lipinski definition) is 2. The Morgan fingerprint density at radius 1 is 1.15 bits per heavy atom. The molecule has 4 aliphatic heterocycles. The molecule has 4 aliphatic rings. The van der Waals surface area contributed by atoms with E-state index in [0.29, 0.717) is 30.0 Å². The number of likely N-dealkylation sites (tertiary alicyclic amines) is 1. The van der Waals surface area contributed by atoms with Crippen molar-refractivity contribution in [3.05, 3.63) is 53.1 Å². The maximum absolute atomic E-state index is 14.5. The first-order valence-corrected chi connectivity index (χ1v) is 14.5. The fourth-order valence-corrected chi connectivity index (χ4v) is 6.79. The van der Waals surface area contributed by atoms with Crippen LogP contribution in [0.5, 0.6) is 0 Å². The molecular formula is C30H36ClN3O7. The summed E-state index contributed by atoms with van der Waals surface area (Å²) < 4.78 is 12.4. The number of aryl methyl sites for hydroxylation is 1. The quantitative estimate of drug-likeness (QED) is 0.309. The van der Waals surface area contributed by atoms with Crippen molar-refractivity contribution in [1.29, 1.82) is 0 Å². The SMILES string of the molecule is Cc1cccc(Cl)c1N1CC=C[C@]23O[C@@H]4/C=C\CCC(=O)NC[C@@H](C)OC(=O)[C@@H]4[C@H]2C(=O)N(CCCCO)[C@@H]3C1=O. The van der Waals surface area contributed by atoms with E-state index in [4.69, 9.17) is 21.1 Å². The Hall–Kier alpha value is -3.21. The third-order valence-corrected chi connectivity index (χ3v) is 8.60. The number of cyclic esters (lactones) is 1. The van der Waals surface area contributed by atoms with Crippen molar-refractivity contribution >= 4 is 41.0 Å². The van der Waals surface area contributed by atoms with E-state index in [2.05, 4.69) is 5.32 Å². The summed E-state index contributed by atoms with van der Waals surface area (Å²) in [6, 6.07) is 4.34. The molecule has 0 saturated carbocycles. The lowest BCUT2D eigenvalue weighted by Gasteiger charge is -2.36. The van der Waals surface area contributed by atoms with Gasteiger partial charge in [-0.2, -0.15) is 0 Å². The van der Waals surface area contributed by atoms with E-state index in [1.54, 1.807) is 42.2 Å². The number of fused-ring (bicyclic) bond motifs is 2. The van der Waals surface area contributed by atoms with Gasteiger partial charge in [-0.05, 0) is 44.7 Å². The number of carbonyl (C=O) groups excluding carboxylic acids is 4. The van der Waals surface area contributed by atoms with Crippen molar-refractivity contribution < 1.29 is 33.8 Å². The number of rotatable bonds is 5. The highest BCUT2D eigenvalue weighted by Crippen LogP contribution is 2.53. The van der Waals surface area contributed by atoms with Gasteiger partial charge in [0.25, 0.3) is 5.91 Å². The molecule has 11 heteroatoms. The van der Waals surface area contributed by atoms with E-state index in [0.717, 1.165) is 5.56 Å². The van der Waals surface area contributed by atoms with Crippen molar-refractivity contribution in [3.8, 4) is 0 Å². The van der Waals surface area contributed by atoms with Gasteiger partial charge in [0.15, 0.2) is 0 Å². The molecular weight excluding hydrogens is 550 g/mol. The van der Waals surface area contributed by atoms with E-state index in [1.165, 1.54) is 4.90 Å². The van der Waals surface area contributed by atoms with Crippen molar-refractivity contribution in [2.24, 2.45) is 11.8 Å². The number of nitrogens with zero attached hydrogens (tertiary/aromatic N) is 2. The monoisotopic (exact) mass is 585 g/mol. The third kappa shape index (κ3) is 5.29. The number of allylic oxidation sites excluding steroid dienone is 1. The first-order chi connectivity index (χ1) is 19.7. The minimum Gasteiger partial charge on any atom is -0.460 e. The molecule has 1 aromatic rings. The van der Waals surface area contributed by atoms with Crippen molar-refractivity contribution in [3.63, 3.8) is 0 Å². The number of benzene rings is 1. The van der Waals surface area contributed by atoms with Gasteiger partial charge in [0.05, 0.1) is 29.3 Å². The van der Waals surface area contributed by atoms with Crippen LogP contribution in [0.3, 0.4) is 0 Å². The van der Waals surface area contributed by atoms with E-state index in [1.807, 2.05) is 19.1 Å². The summed E-state index contributed by atoms with van der Waals surface area (Å²) in [6.07, 6.45) is 7.19.